The van der Waals surface area contributed by atoms with Crippen molar-refractivity contribution in [1.29, 1.82) is 0 Å². The van der Waals surface area contributed by atoms with Crippen LogP contribution in [0.1, 0.15) is 5.69 Å². The molecule has 2 heterocycles. The third-order valence-corrected chi connectivity index (χ3v) is 4.18. The van der Waals surface area contributed by atoms with E-state index < -0.39 is 0 Å². The standard InChI is InChI=1S/C14H12ClN3OS/c1-16-13(19)6-11-8-20-14-17-12(7-18(11)14)9-2-4-10(15)5-3-9/h2-5,7-8H,6H2,1H3,(H,16,19). The van der Waals surface area contributed by atoms with E-state index in [4.69, 9.17) is 11.6 Å². The molecule has 6 heteroatoms. The minimum absolute atomic E-state index is 0.00792. The van der Waals surface area contributed by atoms with Gasteiger partial charge < -0.3 is 5.32 Å². The van der Waals surface area contributed by atoms with Crippen LogP contribution in [0, 0.1) is 0 Å². The summed E-state index contributed by atoms with van der Waals surface area (Å²) in [5.41, 5.74) is 2.83. The SMILES string of the molecule is CNC(=O)Cc1csc2nc(-c3ccc(Cl)cc3)cn12. The van der Waals surface area contributed by atoms with Crippen LogP contribution in [0.3, 0.4) is 0 Å². The molecule has 0 unspecified atom stereocenters. The molecule has 1 N–H and O–H groups in total. The number of halogens is 1. The van der Waals surface area contributed by atoms with Crippen molar-refractivity contribution in [2.24, 2.45) is 0 Å². The highest BCUT2D eigenvalue weighted by Gasteiger charge is 2.11. The molecule has 0 fully saturated rings. The van der Waals surface area contributed by atoms with Gasteiger partial charge in [-0.1, -0.05) is 23.7 Å². The largest absolute Gasteiger partial charge is 0.359 e. The number of nitrogens with zero attached hydrogens (tertiary/aromatic N) is 2. The minimum Gasteiger partial charge on any atom is -0.359 e. The number of aromatic nitrogens is 2. The molecular formula is C14H12ClN3OS. The zero-order valence-corrected chi connectivity index (χ0v) is 12.3. The molecule has 1 amide bonds. The third-order valence-electron chi connectivity index (χ3n) is 3.04. The van der Waals surface area contributed by atoms with Crippen LogP contribution in [-0.2, 0) is 11.2 Å². The van der Waals surface area contributed by atoms with E-state index in [2.05, 4.69) is 10.3 Å². The zero-order valence-electron chi connectivity index (χ0n) is 10.8. The Bertz CT molecular complexity index is 760. The van der Waals surface area contributed by atoms with Crippen LogP contribution in [0.15, 0.2) is 35.8 Å². The molecule has 3 rings (SSSR count). The molecule has 0 bridgehead atoms. The average molecular weight is 306 g/mol. The second-order valence-corrected chi connectivity index (χ2v) is 5.64. The van der Waals surface area contributed by atoms with Gasteiger partial charge in [0.1, 0.15) is 0 Å². The summed E-state index contributed by atoms with van der Waals surface area (Å²) >= 11 is 7.42. The molecule has 0 atom stereocenters. The first kappa shape index (κ1) is 13.1. The van der Waals surface area contributed by atoms with Gasteiger partial charge in [0.15, 0.2) is 4.96 Å². The zero-order chi connectivity index (χ0) is 14.1. The molecule has 0 spiro atoms. The molecule has 3 aromatic rings. The summed E-state index contributed by atoms with van der Waals surface area (Å²) in [4.78, 5) is 16.9. The molecule has 20 heavy (non-hydrogen) atoms. The van der Waals surface area contributed by atoms with E-state index in [0.717, 1.165) is 21.9 Å². The molecule has 0 aliphatic heterocycles. The fourth-order valence-electron chi connectivity index (χ4n) is 1.97. The summed E-state index contributed by atoms with van der Waals surface area (Å²) in [6.45, 7) is 0. The Morgan fingerprint density at radius 2 is 2.15 bits per heavy atom. The van der Waals surface area contributed by atoms with E-state index in [9.17, 15) is 4.79 Å². The lowest BCUT2D eigenvalue weighted by Crippen LogP contribution is -2.20. The van der Waals surface area contributed by atoms with E-state index in [1.807, 2.05) is 40.2 Å². The maximum atomic E-state index is 11.5. The highest BCUT2D eigenvalue weighted by Crippen LogP contribution is 2.25. The van der Waals surface area contributed by atoms with Gasteiger partial charge in [-0.15, -0.1) is 11.3 Å². The molecule has 0 radical (unpaired) electrons. The Balaban J connectivity index is 1.98. The number of nitrogens with one attached hydrogen (secondary N) is 1. The fraction of sp³-hybridized carbons (Fsp3) is 0.143. The van der Waals surface area contributed by atoms with Crippen molar-refractivity contribution in [2.75, 3.05) is 7.05 Å². The number of fused-ring (bicyclic) bond motifs is 1. The molecule has 4 nitrogen and oxygen atoms in total. The second-order valence-electron chi connectivity index (χ2n) is 4.36. The number of hydrogen-bond donors (Lipinski definition) is 1. The van der Waals surface area contributed by atoms with Crippen molar-refractivity contribution in [1.82, 2.24) is 14.7 Å². The molecule has 0 saturated carbocycles. The first-order valence-electron chi connectivity index (χ1n) is 6.09. The van der Waals surface area contributed by atoms with Crippen LogP contribution in [0.4, 0.5) is 0 Å². The van der Waals surface area contributed by atoms with Gasteiger partial charge in [-0.2, -0.15) is 0 Å². The number of hydrogen-bond acceptors (Lipinski definition) is 3. The molecule has 102 valence electrons. The Labute approximate surface area is 125 Å². The second kappa shape index (κ2) is 5.26. The number of thiazole rings is 1. The topological polar surface area (TPSA) is 46.4 Å². The monoisotopic (exact) mass is 305 g/mol. The van der Waals surface area contributed by atoms with Gasteiger partial charge in [0.25, 0.3) is 0 Å². The van der Waals surface area contributed by atoms with Crippen LogP contribution in [0.25, 0.3) is 16.2 Å². The lowest BCUT2D eigenvalue weighted by Gasteiger charge is -1.98. The van der Waals surface area contributed by atoms with Crippen LogP contribution < -0.4 is 5.32 Å². The van der Waals surface area contributed by atoms with Crippen molar-refractivity contribution >= 4 is 33.8 Å². The molecule has 0 aliphatic rings. The first-order valence-corrected chi connectivity index (χ1v) is 7.35. The average Bonchev–Trinajstić information content (AvgIpc) is 3.01. The van der Waals surface area contributed by atoms with Gasteiger partial charge in [-0.25, -0.2) is 4.98 Å². The summed E-state index contributed by atoms with van der Waals surface area (Å²) < 4.78 is 1.96. The summed E-state index contributed by atoms with van der Waals surface area (Å²) in [7, 11) is 1.64. The summed E-state index contributed by atoms with van der Waals surface area (Å²) in [6, 6.07) is 7.56. The summed E-state index contributed by atoms with van der Waals surface area (Å²) in [6.07, 6.45) is 2.31. The maximum absolute atomic E-state index is 11.5. The summed E-state index contributed by atoms with van der Waals surface area (Å²) in [5, 5.41) is 5.30. The number of carbonyl (C=O) groups is 1. The predicted molar refractivity (Wildman–Crippen MR) is 81.3 cm³/mol. The lowest BCUT2D eigenvalue weighted by molar-refractivity contribution is -0.120. The Morgan fingerprint density at radius 3 is 2.85 bits per heavy atom. The van der Waals surface area contributed by atoms with Crippen molar-refractivity contribution in [3.63, 3.8) is 0 Å². The molecule has 1 aromatic carbocycles. The fourth-order valence-corrected chi connectivity index (χ4v) is 2.97. The third kappa shape index (κ3) is 2.42. The Kier molecular flexibility index (Phi) is 3.46. The molecular weight excluding hydrogens is 294 g/mol. The smallest absolute Gasteiger partial charge is 0.225 e. The van der Waals surface area contributed by atoms with E-state index in [-0.39, 0.29) is 5.91 Å². The molecule has 2 aromatic heterocycles. The van der Waals surface area contributed by atoms with Gasteiger partial charge >= 0.3 is 0 Å². The van der Waals surface area contributed by atoms with Crippen molar-refractivity contribution in [3.05, 3.63) is 46.6 Å². The predicted octanol–water partition coefficient (Wildman–Crippen LogP) is 3.00. The highest BCUT2D eigenvalue weighted by molar-refractivity contribution is 7.15. The van der Waals surface area contributed by atoms with Gasteiger partial charge in [0, 0.05) is 34.9 Å². The number of amides is 1. The maximum Gasteiger partial charge on any atom is 0.225 e. The van der Waals surface area contributed by atoms with Gasteiger partial charge in [0.2, 0.25) is 5.91 Å². The Hall–Kier alpha value is -1.85. The Morgan fingerprint density at radius 1 is 1.40 bits per heavy atom. The van der Waals surface area contributed by atoms with Gasteiger partial charge in [-0.05, 0) is 12.1 Å². The number of carbonyl (C=O) groups excluding carboxylic acids is 1. The van der Waals surface area contributed by atoms with Crippen LogP contribution in [0.2, 0.25) is 5.02 Å². The van der Waals surface area contributed by atoms with E-state index in [0.29, 0.717) is 11.4 Å². The quantitative estimate of drug-likeness (QED) is 0.808. The number of imidazole rings is 1. The normalized spacial score (nSPS) is 10.9. The molecule has 0 saturated heterocycles. The molecule has 0 aliphatic carbocycles. The van der Waals surface area contributed by atoms with Crippen LogP contribution in [0.5, 0.6) is 0 Å². The summed E-state index contributed by atoms with van der Waals surface area (Å²) in [5.74, 6) is -0.00792. The first-order chi connectivity index (χ1) is 9.67. The van der Waals surface area contributed by atoms with Gasteiger partial charge in [0.05, 0.1) is 12.1 Å². The van der Waals surface area contributed by atoms with Crippen molar-refractivity contribution in [3.8, 4) is 11.3 Å². The minimum atomic E-state index is -0.00792. The van der Waals surface area contributed by atoms with Crippen LogP contribution in [-0.4, -0.2) is 22.3 Å². The van der Waals surface area contributed by atoms with E-state index in [1.54, 1.807) is 7.05 Å². The van der Waals surface area contributed by atoms with Crippen molar-refractivity contribution in [2.45, 2.75) is 6.42 Å². The van der Waals surface area contributed by atoms with Gasteiger partial charge in [-0.3, -0.25) is 9.20 Å². The van der Waals surface area contributed by atoms with E-state index in [1.165, 1.54) is 11.3 Å². The lowest BCUT2D eigenvalue weighted by atomic mass is 10.2. The van der Waals surface area contributed by atoms with Crippen LogP contribution >= 0.6 is 22.9 Å². The number of rotatable bonds is 3. The number of benzene rings is 1. The van der Waals surface area contributed by atoms with Crippen molar-refractivity contribution < 1.29 is 4.79 Å². The highest BCUT2D eigenvalue weighted by atomic mass is 35.5. The number of likely N-dealkylation sites (N-methyl/N-ethyl adjacent to an activating group) is 1. The van der Waals surface area contributed by atoms with E-state index >= 15 is 0 Å².